The minimum atomic E-state index is -1.01. The Hall–Kier alpha value is -3.65. The van der Waals surface area contributed by atoms with Gasteiger partial charge in [-0.15, -0.1) is 0 Å². The molecule has 0 unspecified atom stereocenters. The number of carbonyl (C=O) groups excluding carboxylic acids is 1. The third kappa shape index (κ3) is 10.2. The molecule has 0 aliphatic carbocycles. The molecule has 0 saturated carbocycles. The van der Waals surface area contributed by atoms with E-state index in [4.69, 9.17) is 14.9 Å². The lowest BCUT2D eigenvalue weighted by Gasteiger charge is -2.34. The Kier molecular flexibility index (Phi) is 11.7. The van der Waals surface area contributed by atoms with Crippen molar-refractivity contribution in [3.63, 3.8) is 0 Å². The normalized spacial score (nSPS) is 15.7. The van der Waals surface area contributed by atoms with Crippen LogP contribution >= 0.6 is 0 Å². The van der Waals surface area contributed by atoms with Gasteiger partial charge >= 0.3 is 5.97 Å². The maximum Gasteiger partial charge on any atom is 0.326 e. The number of rotatable bonds is 9. The Labute approximate surface area is 232 Å². The zero-order chi connectivity index (χ0) is 29.2. The summed E-state index contributed by atoms with van der Waals surface area (Å²) in [4.78, 5) is 30.4. The van der Waals surface area contributed by atoms with E-state index in [-0.39, 0.29) is 24.4 Å². The van der Waals surface area contributed by atoms with Crippen molar-refractivity contribution < 1.29 is 23.8 Å². The number of nitrogens with zero attached hydrogens (tertiary/aromatic N) is 2. The van der Waals surface area contributed by atoms with Crippen molar-refractivity contribution >= 4 is 17.4 Å². The average molecular weight is 538 g/mol. The molecule has 1 aliphatic heterocycles. The highest BCUT2D eigenvalue weighted by Crippen LogP contribution is 2.28. The summed E-state index contributed by atoms with van der Waals surface area (Å²) < 4.78 is 11.7. The second-order valence-electron chi connectivity index (χ2n) is 10.6. The van der Waals surface area contributed by atoms with Crippen LogP contribution in [0.5, 0.6) is 5.75 Å². The minimum Gasteiger partial charge on any atom is -0.493 e. The molecule has 39 heavy (non-hydrogen) atoms. The van der Waals surface area contributed by atoms with Gasteiger partial charge in [0.2, 0.25) is 11.8 Å². The number of carboxylic acids is 1. The standard InChI is InChI=1S/C27H32N2O5.C4H11N/c1-5-7-8-10-25(30)29-17-21-15-22(12-11-20(21)16-24(29)27(31)32)33-14-13-23-19(4)34-26(28-23)18(3)9-6-2;1-4(2,3)5/h5,7-12,15,24H,6,13-14,16-17H2,1-4H3,(H,31,32);5H2,1-3H3/b7-5+,10-8+,18-9+;/t24-;/m0./s1. The van der Waals surface area contributed by atoms with Crippen molar-refractivity contribution in [2.45, 2.75) is 85.9 Å². The Bertz CT molecular complexity index is 1210. The number of allylic oxidation sites excluding steroid dienone is 5. The molecule has 8 nitrogen and oxygen atoms in total. The van der Waals surface area contributed by atoms with Gasteiger partial charge in [0, 0.05) is 36.6 Å². The van der Waals surface area contributed by atoms with E-state index < -0.39 is 12.0 Å². The van der Waals surface area contributed by atoms with Gasteiger partial charge in [-0.1, -0.05) is 37.3 Å². The molecule has 0 fully saturated rings. The third-order valence-electron chi connectivity index (χ3n) is 5.77. The fraction of sp³-hybridized carbons (Fsp3) is 0.452. The Morgan fingerprint density at radius 1 is 1.26 bits per heavy atom. The van der Waals surface area contributed by atoms with Crippen molar-refractivity contribution in [2.24, 2.45) is 5.73 Å². The van der Waals surface area contributed by atoms with Crippen LogP contribution in [0.25, 0.3) is 5.57 Å². The Balaban J connectivity index is 0.000000976. The summed E-state index contributed by atoms with van der Waals surface area (Å²) in [6, 6.07) is 4.72. The highest BCUT2D eigenvalue weighted by atomic mass is 16.5. The maximum absolute atomic E-state index is 12.6. The Morgan fingerprint density at radius 2 is 1.95 bits per heavy atom. The predicted molar refractivity (Wildman–Crippen MR) is 154 cm³/mol. The van der Waals surface area contributed by atoms with E-state index in [1.807, 2.05) is 59.7 Å². The van der Waals surface area contributed by atoms with E-state index in [1.54, 1.807) is 18.2 Å². The lowest BCUT2D eigenvalue weighted by molar-refractivity contribution is -0.149. The van der Waals surface area contributed by atoms with Gasteiger partial charge in [-0.2, -0.15) is 0 Å². The number of aliphatic carboxylic acids is 1. The minimum absolute atomic E-state index is 0. The number of carbonyl (C=O) groups is 2. The molecule has 1 amide bonds. The molecule has 2 heterocycles. The summed E-state index contributed by atoms with van der Waals surface area (Å²) in [5.41, 5.74) is 9.05. The predicted octanol–water partition coefficient (Wildman–Crippen LogP) is 5.63. The molecule has 1 atom stereocenters. The van der Waals surface area contributed by atoms with Crippen LogP contribution in [0, 0.1) is 6.92 Å². The number of aryl methyl sites for hydroxylation is 1. The molecule has 1 aromatic heterocycles. The summed E-state index contributed by atoms with van der Waals surface area (Å²) in [5, 5.41) is 9.65. The molecule has 0 spiro atoms. The number of nitrogens with two attached hydrogens (primary N) is 1. The van der Waals surface area contributed by atoms with E-state index in [0.717, 1.165) is 34.6 Å². The molecule has 0 bridgehead atoms. The van der Waals surface area contributed by atoms with E-state index in [9.17, 15) is 14.7 Å². The highest BCUT2D eigenvalue weighted by molar-refractivity contribution is 5.92. The largest absolute Gasteiger partial charge is 0.493 e. The van der Waals surface area contributed by atoms with Gasteiger partial charge in [-0.3, -0.25) is 4.79 Å². The number of ether oxygens (including phenoxy) is 1. The van der Waals surface area contributed by atoms with Crippen LogP contribution in [-0.2, 0) is 29.0 Å². The fourth-order valence-corrected chi connectivity index (χ4v) is 3.94. The van der Waals surface area contributed by atoms with Crippen LogP contribution in [0.3, 0.4) is 0 Å². The molecule has 8 heteroatoms. The number of oxazole rings is 1. The molecule has 1 aromatic carbocycles. The molecule has 0 saturated heterocycles. The van der Waals surface area contributed by atoms with Crippen LogP contribution in [0.15, 0.2) is 53.0 Å². The first kappa shape index (κ1) is 31.6. The fourth-order valence-electron chi connectivity index (χ4n) is 3.94. The molecule has 212 valence electrons. The van der Waals surface area contributed by atoms with Crippen molar-refractivity contribution in [2.75, 3.05) is 6.61 Å². The van der Waals surface area contributed by atoms with Crippen molar-refractivity contribution in [3.05, 3.63) is 77.1 Å². The topological polar surface area (TPSA) is 119 Å². The molecule has 0 radical (unpaired) electrons. The first-order valence-corrected chi connectivity index (χ1v) is 13.3. The number of fused-ring (bicyclic) bond motifs is 1. The summed E-state index contributed by atoms with van der Waals surface area (Å²) in [7, 11) is 0. The van der Waals surface area contributed by atoms with Crippen molar-refractivity contribution in [1.29, 1.82) is 0 Å². The highest BCUT2D eigenvalue weighted by Gasteiger charge is 2.33. The lowest BCUT2D eigenvalue weighted by Crippen LogP contribution is -2.48. The zero-order valence-electron chi connectivity index (χ0n) is 24.3. The molecular weight excluding hydrogens is 494 g/mol. The Morgan fingerprint density at radius 3 is 2.56 bits per heavy atom. The summed E-state index contributed by atoms with van der Waals surface area (Å²) in [6.07, 6.45) is 10.4. The van der Waals surface area contributed by atoms with Gasteiger partial charge in [-0.05, 0) is 71.2 Å². The molecule has 1 aliphatic rings. The van der Waals surface area contributed by atoms with E-state index in [0.29, 0.717) is 24.7 Å². The first-order valence-electron chi connectivity index (χ1n) is 13.3. The van der Waals surface area contributed by atoms with Crippen molar-refractivity contribution in [3.8, 4) is 5.75 Å². The SMILES string of the molecule is C/C=C/C=C/C(=O)N1Cc2cc(OCCc3nc(/C(C)=C/CC)oc3C)ccc2C[C@H]1C(=O)O.CC(C)(C)N. The first-order chi connectivity index (χ1) is 18.3. The number of aromatic nitrogens is 1. The molecule has 2 aromatic rings. The second kappa shape index (κ2) is 14.5. The number of hydrogen-bond acceptors (Lipinski definition) is 6. The van der Waals surface area contributed by atoms with Gasteiger partial charge in [0.05, 0.1) is 12.3 Å². The number of carboxylic acid groups (broad SMARTS) is 1. The zero-order valence-corrected chi connectivity index (χ0v) is 24.3. The summed E-state index contributed by atoms with van der Waals surface area (Å²) >= 11 is 0. The van der Waals surface area contributed by atoms with E-state index in [1.165, 1.54) is 11.0 Å². The number of benzene rings is 1. The van der Waals surface area contributed by atoms with Gasteiger partial charge in [-0.25, -0.2) is 9.78 Å². The molecule has 3 rings (SSSR count). The van der Waals surface area contributed by atoms with Gasteiger partial charge in [0.15, 0.2) is 0 Å². The van der Waals surface area contributed by atoms with Crippen LogP contribution in [0.4, 0.5) is 0 Å². The lowest BCUT2D eigenvalue weighted by atomic mass is 9.93. The summed E-state index contributed by atoms with van der Waals surface area (Å²) in [5.74, 6) is 0.766. The number of amides is 1. The van der Waals surface area contributed by atoms with Crippen molar-refractivity contribution in [1.82, 2.24) is 9.88 Å². The van der Waals surface area contributed by atoms with Crippen LogP contribution < -0.4 is 10.5 Å². The van der Waals surface area contributed by atoms with Crippen LogP contribution in [-0.4, -0.2) is 45.1 Å². The quantitative estimate of drug-likeness (QED) is 0.314. The molecule has 3 N–H and O–H groups in total. The summed E-state index contributed by atoms with van der Waals surface area (Å²) in [6.45, 7) is 14.4. The van der Waals surface area contributed by atoms with Gasteiger partial charge in [0.1, 0.15) is 17.6 Å². The monoisotopic (exact) mass is 537 g/mol. The molecular formula is C31H43N3O5. The average Bonchev–Trinajstić information content (AvgIpc) is 3.22. The third-order valence-corrected chi connectivity index (χ3v) is 5.77. The number of hydrogen-bond donors (Lipinski definition) is 2. The maximum atomic E-state index is 12.6. The van der Waals surface area contributed by atoms with Crippen LogP contribution in [0.1, 0.15) is 76.4 Å². The van der Waals surface area contributed by atoms with E-state index >= 15 is 0 Å². The smallest absolute Gasteiger partial charge is 0.326 e. The van der Waals surface area contributed by atoms with Crippen LogP contribution in [0.2, 0.25) is 0 Å². The van der Waals surface area contributed by atoms with E-state index in [2.05, 4.69) is 18.0 Å². The van der Waals surface area contributed by atoms with Gasteiger partial charge < -0.3 is 24.9 Å². The van der Waals surface area contributed by atoms with Gasteiger partial charge in [0.25, 0.3) is 0 Å². The second-order valence-corrected chi connectivity index (χ2v) is 10.6.